The zero-order valence-electron chi connectivity index (χ0n) is 16.5. The van der Waals surface area contributed by atoms with E-state index >= 15 is 0 Å². The fourth-order valence-electron chi connectivity index (χ4n) is 3.50. The van der Waals surface area contributed by atoms with Crippen molar-refractivity contribution in [2.45, 2.75) is 19.4 Å². The highest BCUT2D eigenvalue weighted by atomic mass is 79.9. The monoisotopic (exact) mass is 553 g/mol. The first kappa shape index (κ1) is 21.7. The van der Waals surface area contributed by atoms with Crippen molar-refractivity contribution in [3.63, 3.8) is 0 Å². The standard InChI is InChI=1S/C20H18Br2FN5O3/c1-2-13-10-26(6-7-27(13)19(29)16-9-15(21)17(22)31-16)20(30)18-24-11-28(25-18)14-5-3-4-12(23)8-14/h3-5,8-9,11,13H,2,6-7,10H2,1H3. The summed E-state index contributed by atoms with van der Waals surface area (Å²) in [7, 11) is 0. The average Bonchev–Trinajstić information content (AvgIpc) is 3.39. The van der Waals surface area contributed by atoms with Crippen molar-refractivity contribution in [2.24, 2.45) is 0 Å². The van der Waals surface area contributed by atoms with Gasteiger partial charge in [-0.1, -0.05) is 13.0 Å². The molecule has 0 aliphatic carbocycles. The van der Waals surface area contributed by atoms with E-state index in [1.807, 2.05) is 6.92 Å². The summed E-state index contributed by atoms with van der Waals surface area (Å²) in [5.74, 6) is -0.698. The summed E-state index contributed by atoms with van der Waals surface area (Å²) in [6, 6.07) is 7.34. The Morgan fingerprint density at radius 3 is 2.71 bits per heavy atom. The first-order valence-corrected chi connectivity index (χ1v) is 11.2. The number of hydrogen-bond acceptors (Lipinski definition) is 5. The lowest BCUT2D eigenvalue weighted by Gasteiger charge is -2.40. The van der Waals surface area contributed by atoms with Gasteiger partial charge in [-0.3, -0.25) is 9.59 Å². The van der Waals surface area contributed by atoms with Crippen LogP contribution in [0, 0.1) is 5.82 Å². The number of furan rings is 1. The SMILES string of the molecule is CCC1CN(C(=O)c2ncn(-c3cccc(F)c3)n2)CCN1C(=O)c1cc(Br)c(Br)o1. The molecule has 2 aromatic heterocycles. The smallest absolute Gasteiger partial charge is 0.293 e. The molecule has 1 aromatic carbocycles. The normalized spacial score (nSPS) is 16.6. The molecule has 1 saturated heterocycles. The van der Waals surface area contributed by atoms with Gasteiger partial charge in [-0.25, -0.2) is 14.1 Å². The van der Waals surface area contributed by atoms with Crippen molar-refractivity contribution in [1.29, 1.82) is 0 Å². The second kappa shape index (κ2) is 8.91. The molecule has 0 radical (unpaired) electrons. The summed E-state index contributed by atoms with van der Waals surface area (Å²) in [6.45, 7) is 3.03. The van der Waals surface area contributed by atoms with E-state index in [1.165, 1.54) is 23.1 Å². The Hall–Kier alpha value is -2.53. The van der Waals surface area contributed by atoms with Gasteiger partial charge in [0.15, 0.2) is 10.4 Å². The lowest BCUT2D eigenvalue weighted by Crippen LogP contribution is -2.56. The molecule has 2 amide bonds. The first-order chi connectivity index (χ1) is 14.9. The molecule has 3 aromatic rings. The van der Waals surface area contributed by atoms with E-state index in [4.69, 9.17) is 4.42 Å². The van der Waals surface area contributed by atoms with Crippen molar-refractivity contribution < 1.29 is 18.4 Å². The molecule has 11 heteroatoms. The van der Waals surface area contributed by atoms with Gasteiger partial charge in [-0.2, -0.15) is 0 Å². The molecule has 1 fully saturated rings. The molecule has 1 unspecified atom stereocenters. The Labute approximate surface area is 194 Å². The zero-order chi connectivity index (χ0) is 22.1. The summed E-state index contributed by atoms with van der Waals surface area (Å²) in [4.78, 5) is 33.3. The quantitative estimate of drug-likeness (QED) is 0.488. The number of hydrogen-bond donors (Lipinski definition) is 0. The second-order valence-corrected chi connectivity index (χ2v) is 8.61. The predicted octanol–water partition coefficient (Wildman–Crippen LogP) is 3.90. The number of amides is 2. The van der Waals surface area contributed by atoms with Crippen LogP contribution in [0.25, 0.3) is 5.69 Å². The molecule has 1 atom stereocenters. The number of benzene rings is 1. The van der Waals surface area contributed by atoms with Crippen LogP contribution in [0.5, 0.6) is 0 Å². The van der Waals surface area contributed by atoms with Crippen molar-refractivity contribution in [2.75, 3.05) is 19.6 Å². The lowest BCUT2D eigenvalue weighted by atomic mass is 10.1. The van der Waals surface area contributed by atoms with Gasteiger partial charge in [0.1, 0.15) is 12.1 Å². The van der Waals surface area contributed by atoms with E-state index < -0.39 is 5.82 Å². The molecule has 0 spiro atoms. The van der Waals surface area contributed by atoms with Crippen LogP contribution in [-0.4, -0.2) is 62.1 Å². The number of rotatable bonds is 4. The minimum Gasteiger partial charge on any atom is -0.443 e. The molecule has 3 heterocycles. The molecule has 1 aliphatic heterocycles. The maximum atomic E-state index is 13.5. The van der Waals surface area contributed by atoms with Gasteiger partial charge in [-0.15, -0.1) is 5.10 Å². The maximum Gasteiger partial charge on any atom is 0.293 e. The van der Waals surface area contributed by atoms with E-state index in [2.05, 4.69) is 41.9 Å². The van der Waals surface area contributed by atoms with Crippen molar-refractivity contribution in [3.05, 3.63) is 63.2 Å². The third kappa shape index (κ3) is 4.42. The Morgan fingerprint density at radius 2 is 2.03 bits per heavy atom. The summed E-state index contributed by atoms with van der Waals surface area (Å²) in [5, 5.41) is 4.20. The fraction of sp³-hybridized carbons (Fsp3) is 0.300. The molecule has 0 bridgehead atoms. The summed E-state index contributed by atoms with van der Waals surface area (Å²) in [6.07, 6.45) is 2.05. The minimum absolute atomic E-state index is 0.0257. The van der Waals surface area contributed by atoms with Gasteiger partial charge in [0.25, 0.3) is 11.8 Å². The maximum absolute atomic E-state index is 13.5. The number of halogens is 3. The van der Waals surface area contributed by atoms with Gasteiger partial charge in [-0.05, 0) is 56.5 Å². The molecular weight excluding hydrogens is 537 g/mol. The molecule has 8 nitrogen and oxygen atoms in total. The molecule has 31 heavy (non-hydrogen) atoms. The fourth-order valence-corrected chi connectivity index (χ4v) is 4.07. The predicted molar refractivity (Wildman–Crippen MR) is 116 cm³/mol. The van der Waals surface area contributed by atoms with Gasteiger partial charge < -0.3 is 14.2 Å². The molecule has 1 aliphatic rings. The van der Waals surface area contributed by atoms with Crippen molar-refractivity contribution >= 4 is 43.7 Å². The van der Waals surface area contributed by atoms with E-state index in [-0.39, 0.29) is 29.4 Å². The Morgan fingerprint density at radius 1 is 1.23 bits per heavy atom. The Kier molecular flexibility index (Phi) is 6.24. The Bertz CT molecular complexity index is 1110. The van der Waals surface area contributed by atoms with Gasteiger partial charge in [0, 0.05) is 31.7 Å². The summed E-state index contributed by atoms with van der Waals surface area (Å²) >= 11 is 6.56. The second-order valence-electron chi connectivity index (χ2n) is 7.04. The van der Waals surface area contributed by atoms with Crippen LogP contribution < -0.4 is 0 Å². The van der Waals surface area contributed by atoms with Crippen LogP contribution in [0.4, 0.5) is 4.39 Å². The van der Waals surface area contributed by atoms with E-state index in [0.717, 1.165) is 0 Å². The van der Waals surface area contributed by atoms with Crippen LogP contribution in [0.15, 0.2) is 50.2 Å². The number of carbonyl (C=O) groups is 2. The van der Waals surface area contributed by atoms with Crippen molar-refractivity contribution in [3.8, 4) is 5.69 Å². The Balaban J connectivity index is 1.47. The van der Waals surface area contributed by atoms with Gasteiger partial charge in [0.2, 0.25) is 5.82 Å². The molecule has 0 saturated carbocycles. The third-order valence-electron chi connectivity index (χ3n) is 5.11. The average molecular weight is 555 g/mol. The van der Waals surface area contributed by atoms with Crippen LogP contribution in [0.3, 0.4) is 0 Å². The first-order valence-electron chi connectivity index (χ1n) is 9.60. The number of nitrogens with zero attached hydrogens (tertiary/aromatic N) is 5. The van der Waals surface area contributed by atoms with Gasteiger partial charge >= 0.3 is 0 Å². The lowest BCUT2D eigenvalue weighted by molar-refractivity contribution is 0.0355. The highest BCUT2D eigenvalue weighted by Crippen LogP contribution is 2.28. The molecule has 0 N–H and O–H groups in total. The van der Waals surface area contributed by atoms with Gasteiger partial charge in [0.05, 0.1) is 10.2 Å². The van der Waals surface area contributed by atoms with Crippen LogP contribution >= 0.6 is 31.9 Å². The number of carbonyl (C=O) groups excluding carboxylic acids is 2. The number of piperazine rings is 1. The van der Waals surface area contributed by atoms with E-state index in [0.29, 0.717) is 40.9 Å². The topological polar surface area (TPSA) is 84.5 Å². The molecular formula is C20H18Br2FN5O3. The van der Waals surface area contributed by atoms with E-state index in [9.17, 15) is 14.0 Å². The van der Waals surface area contributed by atoms with Crippen LogP contribution in [0.2, 0.25) is 0 Å². The molecule has 162 valence electrons. The highest BCUT2D eigenvalue weighted by molar-refractivity contribution is 9.13. The van der Waals surface area contributed by atoms with E-state index in [1.54, 1.807) is 28.0 Å². The minimum atomic E-state index is -0.400. The van der Waals surface area contributed by atoms with Crippen LogP contribution in [0.1, 0.15) is 34.5 Å². The summed E-state index contributed by atoms with van der Waals surface area (Å²) < 4.78 is 21.4. The van der Waals surface area contributed by atoms with Crippen LogP contribution in [-0.2, 0) is 0 Å². The molecule has 4 rings (SSSR count). The summed E-state index contributed by atoms with van der Waals surface area (Å²) in [5.41, 5.74) is 0.476. The zero-order valence-corrected chi connectivity index (χ0v) is 19.6. The van der Waals surface area contributed by atoms with Crippen molar-refractivity contribution in [1.82, 2.24) is 24.6 Å². The third-order valence-corrected chi connectivity index (χ3v) is 6.82. The number of aromatic nitrogens is 3. The highest BCUT2D eigenvalue weighted by Gasteiger charge is 2.34. The largest absolute Gasteiger partial charge is 0.443 e.